The van der Waals surface area contributed by atoms with Crippen LogP contribution < -0.4 is 15.4 Å². The number of ether oxygens (including phenoxy) is 2. The fourth-order valence-corrected chi connectivity index (χ4v) is 3.70. The molecular weight excluding hydrogens is 491 g/mol. The van der Waals surface area contributed by atoms with E-state index in [0.29, 0.717) is 31.7 Å². The Bertz CT molecular complexity index is 640. The van der Waals surface area contributed by atoms with Gasteiger partial charge < -0.3 is 25.0 Å². The minimum absolute atomic E-state index is 0. The summed E-state index contributed by atoms with van der Waals surface area (Å²) in [6, 6.07) is 6.97. The SMILES string of the molecule is CN=C(NCc1ccc(C)cc1OCCCOC)NCC1CCCN(C(C)C)C1.I. The van der Waals surface area contributed by atoms with Crippen LogP contribution in [0.15, 0.2) is 23.2 Å². The van der Waals surface area contributed by atoms with Crippen molar-refractivity contribution >= 4 is 29.9 Å². The lowest BCUT2D eigenvalue weighted by Gasteiger charge is -2.35. The van der Waals surface area contributed by atoms with Crippen LogP contribution in [0.3, 0.4) is 0 Å². The molecule has 0 radical (unpaired) electrons. The van der Waals surface area contributed by atoms with Gasteiger partial charge in [0.25, 0.3) is 0 Å². The highest BCUT2D eigenvalue weighted by atomic mass is 127. The van der Waals surface area contributed by atoms with E-state index in [9.17, 15) is 0 Å². The lowest BCUT2D eigenvalue weighted by Crippen LogP contribution is -2.46. The van der Waals surface area contributed by atoms with Crippen LogP contribution >= 0.6 is 24.0 Å². The lowest BCUT2D eigenvalue weighted by atomic mass is 9.97. The molecule has 1 heterocycles. The largest absolute Gasteiger partial charge is 0.493 e. The number of methoxy groups -OCH3 is 1. The predicted octanol–water partition coefficient (Wildman–Crippen LogP) is 3.81. The zero-order chi connectivity index (χ0) is 21.1. The summed E-state index contributed by atoms with van der Waals surface area (Å²) in [6.45, 7) is 12.1. The van der Waals surface area contributed by atoms with E-state index in [4.69, 9.17) is 9.47 Å². The van der Waals surface area contributed by atoms with Gasteiger partial charge in [-0.05, 0) is 57.7 Å². The molecule has 1 fully saturated rings. The number of nitrogens with zero attached hydrogens (tertiary/aromatic N) is 2. The third-order valence-electron chi connectivity index (χ3n) is 5.48. The summed E-state index contributed by atoms with van der Waals surface area (Å²) in [6.07, 6.45) is 3.45. The van der Waals surface area contributed by atoms with E-state index in [0.717, 1.165) is 30.2 Å². The van der Waals surface area contributed by atoms with Crippen LogP contribution in [0.5, 0.6) is 5.75 Å². The van der Waals surface area contributed by atoms with E-state index in [-0.39, 0.29) is 24.0 Å². The Morgan fingerprint density at radius 1 is 1.27 bits per heavy atom. The van der Waals surface area contributed by atoms with Gasteiger partial charge in [-0.1, -0.05) is 12.1 Å². The van der Waals surface area contributed by atoms with Crippen molar-refractivity contribution in [2.24, 2.45) is 10.9 Å². The second kappa shape index (κ2) is 14.9. The first-order chi connectivity index (χ1) is 14.0. The number of aliphatic imine (C=N–C) groups is 1. The van der Waals surface area contributed by atoms with Gasteiger partial charge in [0.05, 0.1) is 6.61 Å². The molecule has 0 amide bonds. The van der Waals surface area contributed by atoms with E-state index in [1.807, 2.05) is 7.05 Å². The maximum Gasteiger partial charge on any atom is 0.191 e. The molecular formula is C23H41IN4O2. The molecule has 7 heteroatoms. The van der Waals surface area contributed by atoms with Gasteiger partial charge in [-0.2, -0.15) is 0 Å². The van der Waals surface area contributed by atoms with E-state index in [1.165, 1.54) is 31.5 Å². The first kappa shape index (κ1) is 27.0. The van der Waals surface area contributed by atoms with Crippen molar-refractivity contribution < 1.29 is 9.47 Å². The molecule has 1 unspecified atom stereocenters. The standard InChI is InChI=1S/C23H40N4O2.HI/c1-18(2)27-11-6-8-20(17-27)15-25-23(24-4)26-16-21-10-9-19(3)14-22(21)29-13-7-12-28-5;/h9-10,14,18,20H,6-8,11-13,15-17H2,1-5H3,(H2,24,25,26);1H. The van der Waals surface area contributed by atoms with Crippen LogP contribution in [0.4, 0.5) is 0 Å². The summed E-state index contributed by atoms with van der Waals surface area (Å²) in [4.78, 5) is 6.97. The minimum Gasteiger partial charge on any atom is -0.493 e. The van der Waals surface area contributed by atoms with Crippen molar-refractivity contribution in [2.45, 2.75) is 52.6 Å². The maximum atomic E-state index is 5.99. The van der Waals surface area contributed by atoms with Gasteiger partial charge in [-0.3, -0.25) is 4.99 Å². The summed E-state index contributed by atoms with van der Waals surface area (Å²) in [7, 11) is 3.54. The molecule has 6 nitrogen and oxygen atoms in total. The number of benzene rings is 1. The molecule has 172 valence electrons. The van der Waals surface area contributed by atoms with E-state index in [2.05, 4.69) is 59.5 Å². The van der Waals surface area contributed by atoms with Crippen molar-refractivity contribution in [1.82, 2.24) is 15.5 Å². The molecule has 0 aliphatic carbocycles. The second-order valence-electron chi connectivity index (χ2n) is 8.21. The molecule has 1 atom stereocenters. The van der Waals surface area contributed by atoms with Gasteiger partial charge in [-0.25, -0.2) is 0 Å². The Morgan fingerprint density at radius 2 is 2.07 bits per heavy atom. The van der Waals surface area contributed by atoms with Crippen molar-refractivity contribution in [3.63, 3.8) is 0 Å². The monoisotopic (exact) mass is 532 g/mol. The van der Waals surface area contributed by atoms with Gasteiger partial charge in [0.15, 0.2) is 5.96 Å². The average Bonchev–Trinajstić information content (AvgIpc) is 2.72. The zero-order valence-electron chi connectivity index (χ0n) is 19.4. The van der Waals surface area contributed by atoms with Crippen molar-refractivity contribution in [2.75, 3.05) is 47.0 Å². The van der Waals surface area contributed by atoms with Crippen LogP contribution in [0, 0.1) is 12.8 Å². The number of rotatable bonds is 10. The van der Waals surface area contributed by atoms with Crippen LogP contribution in [0.1, 0.15) is 44.2 Å². The molecule has 30 heavy (non-hydrogen) atoms. The smallest absolute Gasteiger partial charge is 0.191 e. The number of hydrogen-bond acceptors (Lipinski definition) is 4. The van der Waals surface area contributed by atoms with Gasteiger partial charge in [0, 0.05) is 58.4 Å². The van der Waals surface area contributed by atoms with Gasteiger partial charge >= 0.3 is 0 Å². The molecule has 0 spiro atoms. The molecule has 0 bridgehead atoms. The zero-order valence-corrected chi connectivity index (χ0v) is 21.7. The molecule has 2 N–H and O–H groups in total. The molecule has 1 aromatic rings. The third kappa shape index (κ3) is 9.39. The fraction of sp³-hybridized carbons (Fsp3) is 0.696. The highest BCUT2D eigenvalue weighted by molar-refractivity contribution is 14.0. The normalized spacial score (nSPS) is 17.5. The Kier molecular flexibility index (Phi) is 13.4. The molecule has 1 saturated heterocycles. The van der Waals surface area contributed by atoms with Crippen LogP contribution in [-0.4, -0.2) is 63.9 Å². The second-order valence-corrected chi connectivity index (χ2v) is 8.21. The third-order valence-corrected chi connectivity index (χ3v) is 5.48. The molecule has 0 aromatic heterocycles. The number of piperidine rings is 1. The Balaban J connectivity index is 0.00000450. The Hall–Kier alpha value is -1.06. The van der Waals surface area contributed by atoms with Gasteiger partial charge in [0.1, 0.15) is 5.75 Å². The Labute approximate surface area is 200 Å². The minimum atomic E-state index is 0. The predicted molar refractivity (Wildman–Crippen MR) is 136 cm³/mol. The van der Waals surface area contributed by atoms with E-state index in [1.54, 1.807) is 7.11 Å². The lowest BCUT2D eigenvalue weighted by molar-refractivity contribution is 0.141. The quantitative estimate of drug-likeness (QED) is 0.208. The summed E-state index contributed by atoms with van der Waals surface area (Å²) in [5.74, 6) is 2.45. The maximum absolute atomic E-state index is 5.99. The molecule has 1 aliphatic heterocycles. The van der Waals surface area contributed by atoms with Gasteiger partial charge in [-0.15, -0.1) is 24.0 Å². The van der Waals surface area contributed by atoms with E-state index < -0.39 is 0 Å². The highest BCUT2D eigenvalue weighted by Gasteiger charge is 2.21. The summed E-state index contributed by atoms with van der Waals surface area (Å²) in [5, 5.41) is 6.96. The van der Waals surface area contributed by atoms with Crippen LogP contribution in [0.2, 0.25) is 0 Å². The van der Waals surface area contributed by atoms with E-state index >= 15 is 0 Å². The first-order valence-corrected chi connectivity index (χ1v) is 10.9. The van der Waals surface area contributed by atoms with Crippen molar-refractivity contribution in [3.8, 4) is 5.75 Å². The first-order valence-electron chi connectivity index (χ1n) is 10.9. The number of aryl methyl sites for hydroxylation is 1. The van der Waals surface area contributed by atoms with Gasteiger partial charge in [0.2, 0.25) is 0 Å². The van der Waals surface area contributed by atoms with Crippen LogP contribution in [0.25, 0.3) is 0 Å². The van der Waals surface area contributed by atoms with Crippen molar-refractivity contribution in [1.29, 1.82) is 0 Å². The number of hydrogen-bond donors (Lipinski definition) is 2. The number of likely N-dealkylation sites (tertiary alicyclic amines) is 1. The fourth-order valence-electron chi connectivity index (χ4n) is 3.70. The Morgan fingerprint density at radius 3 is 2.77 bits per heavy atom. The summed E-state index contributed by atoms with van der Waals surface area (Å²) < 4.78 is 11.1. The topological polar surface area (TPSA) is 58.1 Å². The number of nitrogens with one attached hydrogen (secondary N) is 2. The summed E-state index contributed by atoms with van der Waals surface area (Å²) in [5.41, 5.74) is 2.34. The molecule has 0 saturated carbocycles. The highest BCUT2D eigenvalue weighted by Crippen LogP contribution is 2.21. The number of halogens is 1. The molecule has 1 aliphatic rings. The molecule has 2 rings (SSSR count). The number of guanidine groups is 1. The average molecular weight is 533 g/mol. The summed E-state index contributed by atoms with van der Waals surface area (Å²) >= 11 is 0. The van der Waals surface area contributed by atoms with Crippen molar-refractivity contribution in [3.05, 3.63) is 29.3 Å². The molecule has 1 aromatic carbocycles. The van der Waals surface area contributed by atoms with Crippen LogP contribution in [-0.2, 0) is 11.3 Å².